The number of amides is 1. The monoisotopic (exact) mass is 516 g/mol. The minimum atomic E-state index is -0.269. The molecule has 0 bridgehead atoms. The second kappa shape index (κ2) is 10.1. The first-order chi connectivity index (χ1) is 18.5. The minimum absolute atomic E-state index is 0.0592. The maximum atomic E-state index is 12.9. The molecule has 0 unspecified atom stereocenters. The number of aliphatic hydroxyl groups is 1. The van der Waals surface area contributed by atoms with Crippen molar-refractivity contribution in [2.45, 2.75) is 64.5 Å². The molecular weight excluding hydrogens is 484 g/mol. The smallest absolute Gasteiger partial charge is 0.225 e. The van der Waals surface area contributed by atoms with Crippen LogP contribution in [0.2, 0.25) is 0 Å². The predicted octanol–water partition coefficient (Wildman–Crippen LogP) is 3.44. The van der Waals surface area contributed by atoms with E-state index in [2.05, 4.69) is 25.8 Å². The summed E-state index contributed by atoms with van der Waals surface area (Å²) in [6.45, 7) is 5.13. The van der Waals surface area contributed by atoms with E-state index in [1.165, 1.54) is 0 Å². The van der Waals surface area contributed by atoms with E-state index in [4.69, 9.17) is 9.51 Å². The molecule has 3 aromatic heterocycles. The number of benzene rings is 1. The Hall–Kier alpha value is -3.86. The Morgan fingerprint density at radius 1 is 1.08 bits per heavy atom. The summed E-state index contributed by atoms with van der Waals surface area (Å²) in [6.07, 6.45) is 6.25. The van der Waals surface area contributed by atoms with Gasteiger partial charge >= 0.3 is 0 Å². The van der Waals surface area contributed by atoms with Crippen LogP contribution >= 0.6 is 0 Å². The standard InChI is InChI=1S/C27H32N8O3/c1-16-24(17(2)38-32-16)21-4-3-5-22-25(21)31-33-35(22)23-10-13-28-27(30-23)29-19-8-6-18(7-9-19)26(37)34-14-11-20(36)12-15-34/h3-5,10,13,18-20,36H,6-9,11-12,14-15H2,1-2H3,(H,28,29,30). The number of piperidine rings is 1. The van der Waals surface area contributed by atoms with Crippen molar-refractivity contribution in [3.8, 4) is 16.9 Å². The van der Waals surface area contributed by atoms with Gasteiger partial charge in [0.2, 0.25) is 11.9 Å². The van der Waals surface area contributed by atoms with E-state index in [1.54, 1.807) is 10.9 Å². The van der Waals surface area contributed by atoms with E-state index in [0.29, 0.717) is 37.7 Å². The van der Waals surface area contributed by atoms with E-state index < -0.39 is 0 Å². The number of nitrogens with one attached hydrogen (secondary N) is 1. The molecule has 4 aromatic rings. The Bertz CT molecular complexity index is 1430. The number of carbonyl (C=O) groups is 1. The molecule has 2 aliphatic rings. The van der Waals surface area contributed by atoms with Gasteiger partial charge in [0.15, 0.2) is 5.82 Å². The van der Waals surface area contributed by atoms with Gasteiger partial charge in [0.1, 0.15) is 11.3 Å². The first kappa shape index (κ1) is 24.5. The summed E-state index contributed by atoms with van der Waals surface area (Å²) >= 11 is 0. The third kappa shape index (κ3) is 4.62. The number of nitrogens with zero attached hydrogens (tertiary/aromatic N) is 7. The number of hydrogen-bond acceptors (Lipinski definition) is 9. The molecule has 1 amide bonds. The SMILES string of the molecule is Cc1noc(C)c1-c1cccc2c1nnn2-c1ccnc(NC2CCC(C(=O)N3CCC(O)CC3)CC2)n1. The van der Waals surface area contributed by atoms with E-state index >= 15 is 0 Å². The van der Waals surface area contributed by atoms with Gasteiger partial charge in [-0.2, -0.15) is 9.67 Å². The first-order valence-electron chi connectivity index (χ1n) is 13.3. The maximum absolute atomic E-state index is 12.9. The number of likely N-dealkylation sites (tertiary alicyclic amines) is 1. The summed E-state index contributed by atoms with van der Waals surface area (Å²) in [5.41, 5.74) is 4.24. The second-order valence-corrected chi connectivity index (χ2v) is 10.4. The highest BCUT2D eigenvalue weighted by atomic mass is 16.5. The number of rotatable bonds is 5. The lowest BCUT2D eigenvalue weighted by Gasteiger charge is -2.35. The fourth-order valence-electron chi connectivity index (χ4n) is 5.73. The van der Waals surface area contributed by atoms with Crippen LogP contribution in [0.4, 0.5) is 5.95 Å². The molecule has 1 saturated carbocycles. The highest BCUT2D eigenvalue weighted by Gasteiger charge is 2.31. The largest absolute Gasteiger partial charge is 0.393 e. The normalized spacial score (nSPS) is 20.7. The van der Waals surface area contributed by atoms with Gasteiger partial charge in [-0.15, -0.1) is 5.10 Å². The van der Waals surface area contributed by atoms with Gasteiger partial charge in [-0.1, -0.05) is 22.5 Å². The third-order valence-corrected chi connectivity index (χ3v) is 7.82. The molecule has 2 fully saturated rings. The zero-order valence-electron chi connectivity index (χ0n) is 21.7. The molecule has 2 N–H and O–H groups in total. The molecule has 11 nitrogen and oxygen atoms in total. The van der Waals surface area contributed by atoms with Gasteiger partial charge in [-0.3, -0.25) is 4.79 Å². The molecule has 11 heteroatoms. The minimum Gasteiger partial charge on any atom is -0.393 e. The Labute approximate surface area is 220 Å². The number of aliphatic hydroxyl groups excluding tert-OH is 1. The molecule has 1 aliphatic carbocycles. The lowest BCUT2D eigenvalue weighted by atomic mass is 9.85. The van der Waals surface area contributed by atoms with Gasteiger partial charge in [0.05, 0.1) is 17.3 Å². The molecule has 6 rings (SSSR count). The average molecular weight is 517 g/mol. The van der Waals surface area contributed by atoms with Crippen LogP contribution in [0.15, 0.2) is 35.0 Å². The highest BCUT2D eigenvalue weighted by molar-refractivity contribution is 5.93. The molecule has 0 radical (unpaired) electrons. The number of aryl methyl sites for hydroxylation is 2. The van der Waals surface area contributed by atoms with Crippen molar-refractivity contribution in [3.05, 3.63) is 41.9 Å². The van der Waals surface area contributed by atoms with Crippen molar-refractivity contribution in [2.75, 3.05) is 18.4 Å². The zero-order chi connectivity index (χ0) is 26.2. The van der Waals surface area contributed by atoms with Crippen LogP contribution in [-0.4, -0.2) is 71.3 Å². The molecule has 38 heavy (non-hydrogen) atoms. The Balaban J connectivity index is 1.15. The average Bonchev–Trinajstić information content (AvgIpc) is 3.52. The van der Waals surface area contributed by atoms with Crippen molar-refractivity contribution in [1.82, 2.24) is 35.0 Å². The summed E-state index contributed by atoms with van der Waals surface area (Å²) in [4.78, 5) is 24.0. The molecular formula is C27H32N8O3. The maximum Gasteiger partial charge on any atom is 0.225 e. The fourth-order valence-corrected chi connectivity index (χ4v) is 5.73. The number of aromatic nitrogens is 6. The van der Waals surface area contributed by atoms with Crippen LogP contribution in [-0.2, 0) is 4.79 Å². The quantitative estimate of drug-likeness (QED) is 0.409. The van der Waals surface area contributed by atoms with Gasteiger partial charge < -0.3 is 19.8 Å². The molecule has 1 saturated heterocycles. The number of anilines is 1. The van der Waals surface area contributed by atoms with Crippen LogP contribution in [0, 0.1) is 19.8 Å². The number of fused-ring (bicyclic) bond motifs is 1. The summed E-state index contributed by atoms with van der Waals surface area (Å²) in [5.74, 6) is 2.20. The fraction of sp³-hybridized carbons (Fsp3) is 0.481. The topological polar surface area (TPSA) is 135 Å². The Morgan fingerprint density at radius 2 is 1.87 bits per heavy atom. The molecule has 4 heterocycles. The molecule has 0 spiro atoms. The third-order valence-electron chi connectivity index (χ3n) is 7.82. The van der Waals surface area contributed by atoms with Crippen LogP contribution < -0.4 is 5.32 Å². The lowest BCUT2D eigenvalue weighted by molar-refractivity contribution is -0.138. The molecule has 1 aromatic carbocycles. The summed E-state index contributed by atoms with van der Waals surface area (Å²) < 4.78 is 7.09. The first-order valence-corrected chi connectivity index (χ1v) is 13.3. The van der Waals surface area contributed by atoms with E-state index in [0.717, 1.165) is 59.3 Å². The van der Waals surface area contributed by atoms with Crippen LogP contribution in [0.25, 0.3) is 28.0 Å². The number of carbonyl (C=O) groups excluding carboxylic acids is 1. The van der Waals surface area contributed by atoms with Crippen molar-refractivity contribution >= 4 is 22.9 Å². The van der Waals surface area contributed by atoms with Crippen LogP contribution in [0.3, 0.4) is 0 Å². The van der Waals surface area contributed by atoms with Crippen LogP contribution in [0.5, 0.6) is 0 Å². The van der Waals surface area contributed by atoms with Gasteiger partial charge in [-0.05, 0) is 58.4 Å². The van der Waals surface area contributed by atoms with Crippen molar-refractivity contribution < 1.29 is 14.4 Å². The second-order valence-electron chi connectivity index (χ2n) is 10.4. The lowest BCUT2D eigenvalue weighted by Crippen LogP contribution is -2.44. The summed E-state index contributed by atoms with van der Waals surface area (Å²) in [7, 11) is 0. The number of hydrogen-bond donors (Lipinski definition) is 2. The van der Waals surface area contributed by atoms with Crippen molar-refractivity contribution in [1.29, 1.82) is 0 Å². The van der Waals surface area contributed by atoms with E-state index in [-0.39, 0.29) is 24.0 Å². The molecule has 1 aliphatic heterocycles. The van der Waals surface area contributed by atoms with Crippen molar-refractivity contribution in [3.63, 3.8) is 0 Å². The van der Waals surface area contributed by atoms with Crippen molar-refractivity contribution in [2.24, 2.45) is 5.92 Å². The summed E-state index contributed by atoms with van der Waals surface area (Å²) in [5, 5.41) is 26.1. The van der Waals surface area contributed by atoms with E-state index in [1.807, 2.05) is 43.0 Å². The Kier molecular flexibility index (Phi) is 6.52. The zero-order valence-corrected chi connectivity index (χ0v) is 21.7. The van der Waals surface area contributed by atoms with Crippen LogP contribution in [0.1, 0.15) is 50.0 Å². The Morgan fingerprint density at radius 3 is 2.61 bits per heavy atom. The summed E-state index contributed by atoms with van der Waals surface area (Å²) in [6, 6.07) is 7.95. The predicted molar refractivity (Wildman–Crippen MR) is 141 cm³/mol. The van der Waals surface area contributed by atoms with E-state index in [9.17, 15) is 9.90 Å². The molecule has 198 valence electrons. The van der Waals surface area contributed by atoms with Gasteiger partial charge in [0, 0.05) is 48.4 Å². The molecule has 0 atom stereocenters. The van der Waals surface area contributed by atoms with Gasteiger partial charge in [-0.25, -0.2) is 4.98 Å². The highest BCUT2D eigenvalue weighted by Crippen LogP contribution is 2.33. The van der Waals surface area contributed by atoms with Gasteiger partial charge in [0.25, 0.3) is 0 Å².